The Morgan fingerprint density at radius 1 is 1.14 bits per heavy atom. The number of aromatic nitrogens is 2. The van der Waals surface area contributed by atoms with Gasteiger partial charge in [-0.2, -0.15) is 0 Å². The number of rotatable bonds is 6. The summed E-state index contributed by atoms with van der Waals surface area (Å²) < 4.78 is 2.14. The standard InChI is InChI=1S/C22H27N5O/c1-16(26-13-11-18-7-3-5-9-20(18)26)15-24-22(28)23-12-14-27-17(2)25-19-8-4-6-10-21(19)27/h3-10,16H,11-15H2,1-2H3,(H2,23,24,28). The highest BCUT2D eigenvalue weighted by atomic mass is 16.2. The number of hydrogen-bond donors (Lipinski definition) is 2. The fraction of sp³-hybridized carbons (Fsp3) is 0.364. The third kappa shape index (κ3) is 3.67. The zero-order valence-corrected chi connectivity index (χ0v) is 16.5. The van der Waals surface area contributed by atoms with Gasteiger partial charge in [-0.1, -0.05) is 30.3 Å². The molecule has 1 aliphatic rings. The molecule has 3 aromatic rings. The van der Waals surface area contributed by atoms with Crippen LogP contribution < -0.4 is 15.5 Å². The maximum atomic E-state index is 12.2. The van der Waals surface area contributed by atoms with Crippen LogP contribution in [0.4, 0.5) is 10.5 Å². The summed E-state index contributed by atoms with van der Waals surface area (Å²) in [6, 6.07) is 16.7. The molecule has 28 heavy (non-hydrogen) atoms. The van der Waals surface area contributed by atoms with E-state index in [2.05, 4.69) is 62.3 Å². The van der Waals surface area contributed by atoms with Crippen molar-refractivity contribution in [1.82, 2.24) is 20.2 Å². The van der Waals surface area contributed by atoms with Gasteiger partial charge in [0.05, 0.1) is 11.0 Å². The Kier molecular flexibility index (Phi) is 5.19. The van der Waals surface area contributed by atoms with Crippen LogP contribution in [0.15, 0.2) is 48.5 Å². The predicted molar refractivity (Wildman–Crippen MR) is 113 cm³/mol. The molecule has 0 aliphatic carbocycles. The second kappa shape index (κ2) is 7.92. The first-order valence-electron chi connectivity index (χ1n) is 9.91. The van der Waals surface area contributed by atoms with E-state index in [0.29, 0.717) is 19.6 Å². The lowest BCUT2D eigenvalue weighted by atomic mass is 10.2. The van der Waals surface area contributed by atoms with Gasteiger partial charge in [-0.3, -0.25) is 0 Å². The number of aryl methyl sites for hydroxylation is 1. The molecule has 1 unspecified atom stereocenters. The van der Waals surface area contributed by atoms with E-state index < -0.39 is 0 Å². The van der Waals surface area contributed by atoms with Gasteiger partial charge in [0.25, 0.3) is 0 Å². The summed E-state index contributed by atoms with van der Waals surface area (Å²) in [4.78, 5) is 19.2. The number of benzene rings is 2. The summed E-state index contributed by atoms with van der Waals surface area (Å²) in [6.07, 6.45) is 1.07. The van der Waals surface area contributed by atoms with Crippen LogP contribution in [0, 0.1) is 6.92 Å². The number of carbonyl (C=O) groups is 1. The van der Waals surface area contributed by atoms with E-state index in [1.165, 1.54) is 11.3 Å². The highest BCUT2D eigenvalue weighted by molar-refractivity contribution is 5.76. The van der Waals surface area contributed by atoms with E-state index >= 15 is 0 Å². The first kappa shape index (κ1) is 18.3. The second-order valence-corrected chi connectivity index (χ2v) is 7.36. The summed E-state index contributed by atoms with van der Waals surface area (Å²) in [6.45, 7) is 7.05. The molecule has 0 spiro atoms. The molecular weight excluding hydrogens is 350 g/mol. The van der Waals surface area contributed by atoms with Crippen LogP contribution in [-0.4, -0.2) is 41.3 Å². The van der Waals surface area contributed by atoms with Gasteiger partial charge in [0.15, 0.2) is 0 Å². The smallest absolute Gasteiger partial charge is 0.314 e. The number of para-hydroxylation sites is 3. The van der Waals surface area contributed by atoms with Gasteiger partial charge in [0.1, 0.15) is 5.82 Å². The molecule has 0 radical (unpaired) electrons. The molecule has 146 valence electrons. The number of amides is 2. The van der Waals surface area contributed by atoms with Crippen LogP contribution in [0.2, 0.25) is 0 Å². The topological polar surface area (TPSA) is 62.2 Å². The first-order chi connectivity index (χ1) is 13.6. The summed E-state index contributed by atoms with van der Waals surface area (Å²) in [5.41, 5.74) is 4.77. The molecule has 2 N–H and O–H groups in total. The van der Waals surface area contributed by atoms with Crippen LogP contribution in [0.1, 0.15) is 18.3 Å². The highest BCUT2D eigenvalue weighted by Gasteiger charge is 2.23. The third-order valence-electron chi connectivity index (χ3n) is 5.48. The number of anilines is 1. The summed E-state index contributed by atoms with van der Waals surface area (Å²) in [7, 11) is 0. The molecule has 6 nitrogen and oxygen atoms in total. The molecule has 2 amide bonds. The molecule has 1 aliphatic heterocycles. The summed E-state index contributed by atoms with van der Waals surface area (Å²) >= 11 is 0. The van der Waals surface area contributed by atoms with Crippen molar-refractivity contribution in [2.45, 2.75) is 32.9 Å². The van der Waals surface area contributed by atoms with Crippen LogP contribution in [0.25, 0.3) is 11.0 Å². The zero-order valence-electron chi connectivity index (χ0n) is 16.5. The van der Waals surface area contributed by atoms with Crippen molar-refractivity contribution >= 4 is 22.8 Å². The Hall–Kier alpha value is -3.02. The van der Waals surface area contributed by atoms with Crippen molar-refractivity contribution in [3.05, 3.63) is 59.9 Å². The van der Waals surface area contributed by atoms with E-state index in [4.69, 9.17) is 0 Å². The average molecular weight is 377 g/mol. The van der Waals surface area contributed by atoms with E-state index in [-0.39, 0.29) is 12.1 Å². The van der Waals surface area contributed by atoms with Gasteiger partial charge in [-0.15, -0.1) is 0 Å². The fourth-order valence-electron chi connectivity index (χ4n) is 3.99. The molecule has 0 bridgehead atoms. The fourth-order valence-corrected chi connectivity index (χ4v) is 3.99. The number of carbonyl (C=O) groups excluding carboxylic acids is 1. The third-order valence-corrected chi connectivity index (χ3v) is 5.48. The van der Waals surface area contributed by atoms with E-state index in [9.17, 15) is 4.79 Å². The maximum Gasteiger partial charge on any atom is 0.314 e. The maximum absolute atomic E-state index is 12.2. The molecule has 1 atom stereocenters. The van der Waals surface area contributed by atoms with Crippen LogP contribution in [0.5, 0.6) is 0 Å². The number of nitrogens with one attached hydrogen (secondary N) is 2. The van der Waals surface area contributed by atoms with Gasteiger partial charge in [-0.25, -0.2) is 9.78 Å². The van der Waals surface area contributed by atoms with Gasteiger partial charge in [0, 0.05) is 37.9 Å². The Bertz CT molecular complexity index is 980. The number of imidazole rings is 1. The van der Waals surface area contributed by atoms with Crippen molar-refractivity contribution in [2.75, 3.05) is 24.5 Å². The lowest BCUT2D eigenvalue weighted by Gasteiger charge is -2.27. The molecule has 0 saturated carbocycles. The quantitative estimate of drug-likeness (QED) is 0.694. The number of nitrogens with zero attached hydrogens (tertiary/aromatic N) is 3. The Labute approximate surface area is 165 Å². The SMILES string of the molecule is Cc1nc2ccccc2n1CCNC(=O)NCC(C)N1CCc2ccccc21. The van der Waals surface area contributed by atoms with Gasteiger partial charge in [0.2, 0.25) is 0 Å². The van der Waals surface area contributed by atoms with E-state index in [0.717, 1.165) is 29.8 Å². The van der Waals surface area contributed by atoms with Gasteiger partial charge < -0.3 is 20.1 Å². The monoisotopic (exact) mass is 377 g/mol. The Morgan fingerprint density at radius 2 is 1.93 bits per heavy atom. The van der Waals surface area contributed by atoms with E-state index in [1.54, 1.807) is 0 Å². The molecule has 0 fully saturated rings. The molecule has 1 aromatic heterocycles. The molecular formula is C22H27N5O. The van der Waals surface area contributed by atoms with Crippen molar-refractivity contribution in [3.63, 3.8) is 0 Å². The van der Waals surface area contributed by atoms with Crippen molar-refractivity contribution in [2.24, 2.45) is 0 Å². The highest BCUT2D eigenvalue weighted by Crippen LogP contribution is 2.28. The normalized spacial score (nSPS) is 14.1. The van der Waals surface area contributed by atoms with Gasteiger partial charge >= 0.3 is 6.03 Å². The van der Waals surface area contributed by atoms with Crippen LogP contribution in [-0.2, 0) is 13.0 Å². The summed E-state index contributed by atoms with van der Waals surface area (Å²) in [5.74, 6) is 0.963. The zero-order chi connectivity index (χ0) is 19.5. The lowest BCUT2D eigenvalue weighted by molar-refractivity contribution is 0.240. The number of fused-ring (bicyclic) bond motifs is 2. The van der Waals surface area contributed by atoms with Crippen molar-refractivity contribution in [3.8, 4) is 0 Å². The molecule has 2 heterocycles. The Balaban J connectivity index is 1.26. The minimum absolute atomic E-state index is 0.124. The largest absolute Gasteiger partial charge is 0.366 e. The van der Waals surface area contributed by atoms with Crippen LogP contribution >= 0.6 is 0 Å². The Morgan fingerprint density at radius 3 is 2.82 bits per heavy atom. The second-order valence-electron chi connectivity index (χ2n) is 7.36. The first-order valence-corrected chi connectivity index (χ1v) is 9.91. The average Bonchev–Trinajstić information content (AvgIpc) is 3.27. The van der Waals surface area contributed by atoms with Crippen molar-refractivity contribution < 1.29 is 4.79 Å². The molecule has 4 rings (SSSR count). The van der Waals surface area contributed by atoms with Crippen molar-refractivity contribution in [1.29, 1.82) is 0 Å². The van der Waals surface area contributed by atoms with Gasteiger partial charge in [-0.05, 0) is 44.0 Å². The lowest BCUT2D eigenvalue weighted by Crippen LogP contribution is -2.45. The number of hydrogen-bond acceptors (Lipinski definition) is 3. The van der Waals surface area contributed by atoms with E-state index in [1.807, 2.05) is 25.1 Å². The molecule has 6 heteroatoms. The minimum atomic E-state index is -0.124. The molecule has 2 aromatic carbocycles. The number of urea groups is 1. The minimum Gasteiger partial charge on any atom is -0.366 e. The predicted octanol–water partition coefficient (Wildman–Crippen LogP) is 3.10. The summed E-state index contributed by atoms with van der Waals surface area (Å²) in [5, 5.41) is 5.97. The van der Waals surface area contributed by atoms with Crippen LogP contribution in [0.3, 0.4) is 0 Å². The molecule has 0 saturated heterocycles.